The van der Waals surface area contributed by atoms with Gasteiger partial charge >= 0.3 is 0 Å². The van der Waals surface area contributed by atoms with Crippen LogP contribution < -0.4 is 0 Å². The lowest BCUT2D eigenvalue weighted by molar-refractivity contribution is 0.0861. The van der Waals surface area contributed by atoms with Crippen LogP contribution in [0.25, 0.3) is 10.9 Å². The summed E-state index contributed by atoms with van der Waals surface area (Å²) in [5.41, 5.74) is 4.16. The van der Waals surface area contributed by atoms with E-state index < -0.39 is 0 Å². The molecular formula is C18H24N2O. The molecule has 1 atom stereocenters. The number of hydrogen-bond acceptors (Lipinski definition) is 2. The highest BCUT2D eigenvalue weighted by molar-refractivity contribution is 6.10. The van der Waals surface area contributed by atoms with E-state index >= 15 is 0 Å². The standard InChI is InChI=1S/C18H24N2O/c1-12-7-8-15-16(10-12)19-14(3)18(15)17(21)11-20-9-5-4-6-13(20)2/h7-8,10,13,19H,4-6,9,11H2,1-3H3. The highest BCUT2D eigenvalue weighted by Gasteiger charge is 2.23. The van der Waals surface area contributed by atoms with Crippen molar-refractivity contribution in [3.8, 4) is 0 Å². The molecule has 112 valence electrons. The largest absolute Gasteiger partial charge is 0.358 e. The number of carbonyl (C=O) groups is 1. The number of hydrogen-bond donors (Lipinski definition) is 1. The van der Waals surface area contributed by atoms with Crippen LogP contribution in [0.3, 0.4) is 0 Å². The van der Waals surface area contributed by atoms with Crippen LogP contribution >= 0.6 is 0 Å². The molecular weight excluding hydrogens is 260 g/mol. The van der Waals surface area contributed by atoms with Crippen LogP contribution in [0, 0.1) is 13.8 Å². The lowest BCUT2D eigenvalue weighted by Crippen LogP contribution is -2.40. The molecule has 3 rings (SSSR count). The number of likely N-dealkylation sites (tertiary alicyclic amines) is 1. The van der Waals surface area contributed by atoms with Gasteiger partial charge in [0.05, 0.1) is 6.54 Å². The van der Waals surface area contributed by atoms with Crippen molar-refractivity contribution in [2.75, 3.05) is 13.1 Å². The molecule has 1 aliphatic heterocycles. The lowest BCUT2D eigenvalue weighted by atomic mass is 10.0. The first-order chi connectivity index (χ1) is 10.1. The SMILES string of the molecule is Cc1ccc2c(C(=O)CN3CCCCC3C)c(C)[nH]c2c1. The summed E-state index contributed by atoms with van der Waals surface area (Å²) in [5, 5.41) is 1.06. The first kappa shape index (κ1) is 14.3. The molecule has 1 fully saturated rings. The van der Waals surface area contributed by atoms with Gasteiger partial charge in [-0.05, 0) is 51.8 Å². The maximum absolute atomic E-state index is 12.8. The number of aryl methyl sites for hydroxylation is 2. The van der Waals surface area contributed by atoms with E-state index in [1.165, 1.54) is 24.8 Å². The number of fused-ring (bicyclic) bond motifs is 1. The van der Waals surface area contributed by atoms with Crippen molar-refractivity contribution >= 4 is 16.7 Å². The van der Waals surface area contributed by atoms with Crippen molar-refractivity contribution in [2.24, 2.45) is 0 Å². The Bertz CT molecular complexity index is 671. The Balaban J connectivity index is 1.89. The van der Waals surface area contributed by atoms with Crippen molar-refractivity contribution in [1.29, 1.82) is 0 Å². The zero-order valence-corrected chi connectivity index (χ0v) is 13.2. The number of nitrogens with one attached hydrogen (secondary N) is 1. The van der Waals surface area contributed by atoms with Crippen molar-refractivity contribution < 1.29 is 4.79 Å². The second-order valence-electron chi connectivity index (χ2n) is 6.41. The first-order valence-electron chi connectivity index (χ1n) is 7.92. The minimum absolute atomic E-state index is 0.247. The zero-order chi connectivity index (χ0) is 15.0. The highest BCUT2D eigenvalue weighted by atomic mass is 16.1. The van der Waals surface area contributed by atoms with Crippen molar-refractivity contribution in [2.45, 2.75) is 46.1 Å². The van der Waals surface area contributed by atoms with Gasteiger partial charge in [-0.25, -0.2) is 0 Å². The summed E-state index contributed by atoms with van der Waals surface area (Å²) in [6, 6.07) is 6.79. The van der Waals surface area contributed by atoms with Crippen LogP contribution in [0.2, 0.25) is 0 Å². The quantitative estimate of drug-likeness (QED) is 0.869. The topological polar surface area (TPSA) is 36.1 Å². The predicted octanol–water partition coefficient (Wildman–Crippen LogP) is 3.84. The molecule has 0 aliphatic carbocycles. The molecule has 1 saturated heterocycles. The van der Waals surface area contributed by atoms with Gasteiger partial charge in [-0.2, -0.15) is 0 Å². The Labute approximate surface area is 126 Å². The molecule has 0 amide bonds. The summed E-state index contributed by atoms with van der Waals surface area (Å²) in [6.07, 6.45) is 3.71. The van der Waals surface area contributed by atoms with Crippen molar-refractivity contribution in [3.05, 3.63) is 35.0 Å². The first-order valence-corrected chi connectivity index (χ1v) is 7.92. The minimum atomic E-state index is 0.247. The van der Waals surface area contributed by atoms with Gasteiger partial charge < -0.3 is 4.98 Å². The number of Topliss-reactive ketones (excluding diaryl/α,β-unsaturated/α-hetero) is 1. The molecule has 1 unspecified atom stereocenters. The van der Waals surface area contributed by atoms with Crippen LogP contribution in [-0.2, 0) is 0 Å². The number of benzene rings is 1. The van der Waals surface area contributed by atoms with Crippen molar-refractivity contribution in [1.82, 2.24) is 9.88 Å². The maximum atomic E-state index is 12.8. The van der Waals surface area contributed by atoms with Crippen LogP contribution in [0.1, 0.15) is 47.8 Å². The Hall–Kier alpha value is -1.61. The zero-order valence-electron chi connectivity index (χ0n) is 13.2. The fourth-order valence-corrected chi connectivity index (χ4v) is 3.46. The second kappa shape index (κ2) is 5.64. The lowest BCUT2D eigenvalue weighted by Gasteiger charge is -2.32. The number of aromatic amines is 1. The van der Waals surface area contributed by atoms with E-state index in [0.717, 1.165) is 28.7 Å². The number of H-pyrrole nitrogens is 1. The normalized spacial score (nSPS) is 20.0. The summed E-state index contributed by atoms with van der Waals surface area (Å²) >= 11 is 0. The third-order valence-corrected chi connectivity index (χ3v) is 4.71. The molecule has 3 heteroatoms. The van der Waals surface area contributed by atoms with Crippen molar-refractivity contribution in [3.63, 3.8) is 0 Å². The van der Waals surface area contributed by atoms with E-state index in [-0.39, 0.29) is 5.78 Å². The van der Waals surface area contributed by atoms with Crippen LogP contribution in [0.5, 0.6) is 0 Å². The summed E-state index contributed by atoms with van der Waals surface area (Å²) in [6.45, 7) is 7.91. The summed E-state index contributed by atoms with van der Waals surface area (Å²) < 4.78 is 0. The van der Waals surface area contributed by atoms with Gasteiger partial charge in [0.2, 0.25) is 0 Å². The van der Waals surface area contributed by atoms with E-state index in [9.17, 15) is 4.79 Å². The summed E-state index contributed by atoms with van der Waals surface area (Å²) in [5.74, 6) is 0.247. The molecule has 2 aromatic rings. The molecule has 1 aromatic heterocycles. The smallest absolute Gasteiger partial charge is 0.179 e. The number of carbonyl (C=O) groups excluding carboxylic acids is 1. The molecule has 0 bridgehead atoms. The molecule has 0 saturated carbocycles. The number of ketones is 1. The van der Waals surface area contributed by atoms with E-state index in [0.29, 0.717) is 12.6 Å². The molecule has 1 aromatic carbocycles. The second-order valence-corrected chi connectivity index (χ2v) is 6.41. The maximum Gasteiger partial charge on any atom is 0.179 e. The van der Waals surface area contributed by atoms with Gasteiger partial charge in [-0.15, -0.1) is 0 Å². The molecule has 1 aliphatic rings. The van der Waals surface area contributed by atoms with Gasteiger partial charge in [0.15, 0.2) is 5.78 Å². The molecule has 21 heavy (non-hydrogen) atoms. The number of aromatic nitrogens is 1. The molecule has 0 radical (unpaired) electrons. The molecule has 2 heterocycles. The third kappa shape index (κ3) is 2.75. The Morgan fingerprint density at radius 3 is 2.90 bits per heavy atom. The summed E-state index contributed by atoms with van der Waals surface area (Å²) in [7, 11) is 0. The van der Waals surface area contributed by atoms with Gasteiger partial charge in [-0.1, -0.05) is 18.6 Å². The third-order valence-electron chi connectivity index (χ3n) is 4.71. The van der Waals surface area contributed by atoms with E-state index in [1.807, 2.05) is 6.92 Å². The monoisotopic (exact) mass is 284 g/mol. The van der Waals surface area contributed by atoms with Gasteiger partial charge in [0.1, 0.15) is 0 Å². The van der Waals surface area contributed by atoms with E-state index in [4.69, 9.17) is 0 Å². The molecule has 1 N–H and O–H groups in total. The highest BCUT2D eigenvalue weighted by Crippen LogP contribution is 2.25. The van der Waals surface area contributed by atoms with Gasteiger partial charge in [0, 0.05) is 28.2 Å². The Morgan fingerprint density at radius 1 is 1.33 bits per heavy atom. The van der Waals surface area contributed by atoms with Crippen LogP contribution in [0.15, 0.2) is 18.2 Å². The average molecular weight is 284 g/mol. The number of piperidine rings is 1. The van der Waals surface area contributed by atoms with Gasteiger partial charge in [0.25, 0.3) is 0 Å². The van der Waals surface area contributed by atoms with Gasteiger partial charge in [-0.3, -0.25) is 9.69 Å². The van der Waals surface area contributed by atoms with E-state index in [2.05, 4.69) is 41.9 Å². The van der Waals surface area contributed by atoms with E-state index in [1.54, 1.807) is 0 Å². The number of rotatable bonds is 3. The molecule has 3 nitrogen and oxygen atoms in total. The predicted molar refractivity (Wildman–Crippen MR) is 87.0 cm³/mol. The van der Waals surface area contributed by atoms with Crippen LogP contribution in [0.4, 0.5) is 0 Å². The Morgan fingerprint density at radius 2 is 2.14 bits per heavy atom. The minimum Gasteiger partial charge on any atom is -0.358 e. The summed E-state index contributed by atoms with van der Waals surface area (Å²) in [4.78, 5) is 18.5. The average Bonchev–Trinajstić information content (AvgIpc) is 2.76. The number of nitrogens with zero attached hydrogens (tertiary/aromatic N) is 1. The van der Waals surface area contributed by atoms with Crippen LogP contribution in [-0.4, -0.2) is 34.8 Å². The fourth-order valence-electron chi connectivity index (χ4n) is 3.46. The fraction of sp³-hybridized carbons (Fsp3) is 0.500. The Kier molecular flexibility index (Phi) is 3.85. The molecule has 0 spiro atoms.